The number of aromatic nitrogens is 3. The summed E-state index contributed by atoms with van der Waals surface area (Å²) in [6.07, 6.45) is 1.17. The van der Waals surface area contributed by atoms with Gasteiger partial charge in [0, 0.05) is 24.5 Å². The molecule has 2 aromatic carbocycles. The largest absolute Gasteiger partial charge is 0.497 e. The molecule has 0 aliphatic rings. The van der Waals surface area contributed by atoms with Crippen LogP contribution in [-0.4, -0.2) is 39.6 Å². The van der Waals surface area contributed by atoms with Crippen LogP contribution in [0.1, 0.15) is 12.5 Å². The molecule has 0 saturated heterocycles. The molecule has 2 heterocycles. The first-order chi connectivity index (χ1) is 15.0. The number of hydrogen-bond donors (Lipinski definition) is 3. The zero-order valence-corrected chi connectivity index (χ0v) is 17.4. The Kier molecular flexibility index (Phi) is 5.90. The zero-order chi connectivity index (χ0) is 21.8. The molecule has 0 bridgehead atoms. The van der Waals surface area contributed by atoms with Crippen molar-refractivity contribution >= 4 is 22.5 Å². The van der Waals surface area contributed by atoms with Crippen molar-refractivity contribution in [3.05, 3.63) is 66.4 Å². The molecular formula is C23H25N5O3. The van der Waals surface area contributed by atoms with E-state index in [0.717, 1.165) is 16.7 Å². The lowest BCUT2D eigenvalue weighted by Gasteiger charge is -2.09. The predicted octanol–water partition coefficient (Wildman–Crippen LogP) is 3.66. The summed E-state index contributed by atoms with van der Waals surface area (Å²) in [7, 11) is 1.64. The molecule has 2 aromatic heterocycles. The summed E-state index contributed by atoms with van der Waals surface area (Å²) < 4.78 is 13.2. The SMILES string of the molecule is COc1ccc(Cn2nc(NC[C@H](C)O)c3c(Oc4ccc(N)cc4)ccnc32)cc1. The first-order valence-corrected chi connectivity index (χ1v) is 9.97. The summed E-state index contributed by atoms with van der Waals surface area (Å²) in [4.78, 5) is 4.55. The van der Waals surface area contributed by atoms with E-state index in [1.165, 1.54) is 0 Å². The minimum atomic E-state index is -0.528. The van der Waals surface area contributed by atoms with Crippen molar-refractivity contribution < 1.29 is 14.6 Å². The van der Waals surface area contributed by atoms with Gasteiger partial charge in [0.25, 0.3) is 0 Å². The monoisotopic (exact) mass is 419 g/mol. The van der Waals surface area contributed by atoms with E-state index < -0.39 is 6.10 Å². The molecule has 1 atom stereocenters. The van der Waals surface area contributed by atoms with E-state index in [2.05, 4.69) is 10.3 Å². The molecule has 0 radical (unpaired) electrons. The number of aliphatic hydroxyl groups excluding tert-OH is 1. The smallest absolute Gasteiger partial charge is 0.164 e. The predicted molar refractivity (Wildman–Crippen MR) is 121 cm³/mol. The Morgan fingerprint density at radius 3 is 2.45 bits per heavy atom. The highest BCUT2D eigenvalue weighted by atomic mass is 16.5. The Balaban J connectivity index is 1.73. The standard InChI is InChI=1S/C23H25N5O3/c1-15(29)13-26-22-21-20(31-19-9-5-17(24)6-10-19)11-12-25-23(21)28(27-22)14-16-3-7-18(30-2)8-4-16/h3-12,15,29H,13-14,24H2,1-2H3,(H,26,27)/t15-/m0/s1. The topological polar surface area (TPSA) is 107 Å². The summed E-state index contributed by atoms with van der Waals surface area (Å²) >= 11 is 0. The number of methoxy groups -OCH3 is 1. The Morgan fingerprint density at radius 2 is 1.77 bits per heavy atom. The van der Waals surface area contributed by atoms with Crippen LogP contribution >= 0.6 is 0 Å². The van der Waals surface area contributed by atoms with Crippen molar-refractivity contribution in [3.63, 3.8) is 0 Å². The van der Waals surface area contributed by atoms with Crippen molar-refractivity contribution in [2.45, 2.75) is 19.6 Å². The average Bonchev–Trinajstić information content (AvgIpc) is 3.13. The summed E-state index contributed by atoms with van der Waals surface area (Å²) in [5.74, 6) is 2.67. The maximum absolute atomic E-state index is 9.74. The molecule has 0 aliphatic carbocycles. The lowest BCUT2D eigenvalue weighted by atomic mass is 10.2. The molecule has 0 unspecified atom stereocenters. The van der Waals surface area contributed by atoms with Crippen molar-refractivity contribution in [2.75, 3.05) is 24.7 Å². The number of ether oxygens (including phenoxy) is 2. The summed E-state index contributed by atoms with van der Waals surface area (Å²) in [6, 6.07) is 16.8. The summed E-state index contributed by atoms with van der Waals surface area (Å²) in [6.45, 7) is 2.59. The zero-order valence-electron chi connectivity index (χ0n) is 17.4. The lowest BCUT2D eigenvalue weighted by Crippen LogP contribution is -2.16. The number of fused-ring (bicyclic) bond motifs is 1. The van der Waals surface area contributed by atoms with Gasteiger partial charge >= 0.3 is 0 Å². The molecule has 160 valence electrons. The van der Waals surface area contributed by atoms with Gasteiger partial charge in [-0.15, -0.1) is 0 Å². The van der Waals surface area contributed by atoms with Gasteiger partial charge in [0.1, 0.15) is 22.6 Å². The molecular weight excluding hydrogens is 394 g/mol. The third-order valence-corrected chi connectivity index (χ3v) is 4.76. The molecule has 8 heteroatoms. The van der Waals surface area contributed by atoms with Crippen molar-refractivity contribution in [2.24, 2.45) is 0 Å². The number of rotatable bonds is 8. The molecule has 31 heavy (non-hydrogen) atoms. The second kappa shape index (κ2) is 8.93. The van der Waals surface area contributed by atoms with Gasteiger partial charge in [-0.1, -0.05) is 12.1 Å². The van der Waals surface area contributed by atoms with Crippen LogP contribution in [0.5, 0.6) is 17.2 Å². The summed E-state index contributed by atoms with van der Waals surface area (Å²) in [5, 5.41) is 18.4. The first-order valence-electron chi connectivity index (χ1n) is 9.97. The quantitative estimate of drug-likeness (QED) is 0.374. The molecule has 0 fully saturated rings. The Morgan fingerprint density at radius 1 is 1.06 bits per heavy atom. The number of nitrogens with two attached hydrogens (primary N) is 1. The Labute approximate surface area is 180 Å². The third kappa shape index (κ3) is 4.70. The van der Waals surface area contributed by atoms with E-state index in [4.69, 9.17) is 20.3 Å². The number of nitrogens with zero attached hydrogens (tertiary/aromatic N) is 3. The van der Waals surface area contributed by atoms with Gasteiger partial charge in [-0.2, -0.15) is 5.10 Å². The van der Waals surface area contributed by atoms with Gasteiger partial charge in [-0.25, -0.2) is 9.67 Å². The number of pyridine rings is 1. The minimum absolute atomic E-state index is 0.352. The van der Waals surface area contributed by atoms with Crippen LogP contribution in [0.25, 0.3) is 11.0 Å². The number of nitrogen functional groups attached to an aromatic ring is 1. The second-order valence-electron chi connectivity index (χ2n) is 7.26. The molecule has 0 amide bonds. The third-order valence-electron chi connectivity index (χ3n) is 4.76. The van der Waals surface area contributed by atoms with Crippen LogP contribution in [-0.2, 0) is 6.54 Å². The number of anilines is 2. The van der Waals surface area contributed by atoms with Crippen molar-refractivity contribution in [1.29, 1.82) is 0 Å². The molecule has 4 N–H and O–H groups in total. The molecule has 0 saturated carbocycles. The highest BCUT2D eigenvalue weighted by molar-refractivity contribution is 5.93. The van der Waals surface area contributed by atoms with Gasteiger partial charge < -0.3 is 25.6 Å². The van der Waals surface area contributed by atoms with Gasteiger partial charge in [0.05, 0.1) is 19.8 Å². The van der Waals surface area contributed by atoms with Gasteiger partial charge in [0.2, 0.25) is 0 Å². The highest BCUT2D eigenvalue weighted by Crippen LogP contribution is 2.34. The molecule has 0 aliphatic heterocycles. The Hall–Kier alpha value is -3.78. The van der Waals surface area contributed by atoms with E-state index >= 15 is 0 Å². The number of benzene rings is 2. The molecule has 0 spiro atoms. The fourth-order valence-electron chi connectivity index (χ4n) is 3.20. The first kappa shape index (κ1) is 20.5. The van der Waals surface area contributed by atoms with E-state index in [-0.39, 0.29) is 0 Å². The maximum atomic E-state index is 9.74. The lowest BCUT2D eigenvalue weighted by molar-refractivity contribution is 0.208. The Bertz CT molecular complexity index is 1150. The van der Waals surface area contributed by atoms with Gasteiger partial charge in [-0.05, 0) is 48.9 Å². The molecule has 4 aromatic rings. The van der Waals surface area contributed by atoms with Crippen LogP contribution in [0.15, 0.2) is 60.8 Å². The van der Waals surface area contributed by atoms with Crippen LogP contribution in [0.3, 0.4) is 0 Å². The highest BCUT2D eigenvalue weighted by Gasteiger charge is 2.18. The van der Waals surface area contributed by atoms with Crippen LogP contribution in [0.4, 0.5) is 11.5 Å². The van der Waals surface area contributed by atoms with Crippen LogP contribution < -0.4 is 20.5 Å². The van der Waals surface area contributed by atoms with Crippen LogP contribution in [0.2, 0.25) is 0 Å². The van der Waals surface area contributed by atoms with Gasteiger partial charge in [-0.3, -0.25) is 0 Å². The average molecular weight is 419 g/mol. The number of nitrogens with one attached hydrogen (secondary N) is 1. The van der Waals surface area contributed by atoms with Gasteiger partial charge in [0.15, 0.2) is 11.5 Å². The number of aliphatic hydroxyl groups is 1. The normalized spacial score (nSPS) is 12.0. The minimum Gasteiger partial charge on any atom is -0.497 e. The maximum Gasteiger partial charge on any atom is 0.164 e. The van der Waals surface area contributed by atoms with E-state index in [1.807, 2.05) is 41.1 Å². The fourth-order valence-corrected chi connectivity index (χ4v) is 3.20. The fraction of sp³-hybridized carbons (Fsp3) is 0.217. The molecule has 8 nitrogen and oxygen atoms in total. The second-order valence-corrected chi connectivity index (χ2v) is 7.26. The van der Waals surface area contributed by atoms with E-state index in [9.17, 15) is 5.11 Å². The number of hydrogen-bond acceptors (Lipinski definition) is 7. The van der Waals surface area contributed by atoms with Crippen molar-refractivity contribution in [1.82, 2.24) is 14.8 Å². The van der Waals surface area contributed by atoms with Crippen LogP contribution in [0, 0.1) is 0 Å². The molecule has 4 rings (SSSR count). The van der Waals surface area contributed by atoms with E-state index in [0.29, 0.717) is 41.7 Å². The van der Waals surface area contributed by atoms with Crippen molar-refractivity contribution in [3.8, 4) is 17.2 Å². The van der Waals surface area contributed by atoms with E-state index in [1.54, 1.807) is 38.4 Å². The summed E-state index contributed by atoms with van der Waals surface area (Å²) in [5.41, 5.74) is 8.17.